The van der Waals surface area contributed by atoms with Crippen molar-refractivity contribution in [1.82, 2.24) is 0 Å². The highest BCUT2D eigenvalue weighted by Crippen LogP contribution is 2.33. The van der Waals surface area contributed by atoms with Gasteiger partial charge in [0.05, 0.1) is 0 Å². The maximum absolute atomic E-state index is 2.35. The molecule has 5 aromatic rings. The van der Waals surface area contributed by atoms with Gasteiger partial charge in [0.1, 0.15) is 0 Å². The van der Waals surface area contributed by atoms with Gasteiger partial charge in [0.15, 0.2) is 0 Å². The molecule has 0 fully saturated rings. The van der Waals surface area contributed by atoms with E-state index in [1.807, 2.05) is 0 Å². The Bertz CT molecular complexity index is 1160. The summed E-state index contributed by atoms with van der Waals surface area (Å²) in [6.07, 6.45) is 0. The average molecular weight is 306 g/mol. The van der Waals surface area contributed by atoms with Crippen molar-refractivity contribution >= 4 is 43.1 Å². The smallest absolute Gasteiger partial charge is 0.00990 e. The Morgan fingerprint density at radius 1 is 0.375 bits per heavy atom. The molecule has 24 heavy (non-hydrogen) atoms. The van der Waals surface area contributed by atoms with Gasteiger partial charge >= 0.3 is 0 Å². The van der Waals surface area contributed by atoms with Crippen molar-refractivity contribution in [2.45, 2.75) is 13.8 Å². The summed E-state index contributed by atoms with van der Waals surface area (Å²) in [5.74, 6) is 0. The first-order valence-electron chi connectivity index (χ1n) is 8.45. The van der Waals surface area contributed by atoms with Crippen LogP contribution in [-0.4, -0.2) is 0 Å². The fraction of sp³-hybridized carbons (Fsp3) is 0.0833. The van der Waals surface area contributed by atoms with Crippen LogP contribution in [0.15, 0.2) is 72.8 Å². The van der Waals surface area contributed by atoms with Gasteiger partial charge in [0.2, 0.25) is 0 Å². The monoisotopic (exact) mass is 306 g/mol. The van der Waals surface area contributed by atoms with E-state index in [4.69, 9.17) is 0 Å². The topological polar surface area (TPSA) is 0 Å². The summed E-state index contributed by atoms with van der Waals surface area (Å²) in [7, 11) is 0. The molecule has 0 heteroatoms. The van der Waals surface area contributed by atoms with Crippen LogP contribution in [0.3, 0.4) is 0 Å². The lowest BCUT2D eigenvalue weighted by Crippen LogP contribution is -1.83. The summed E-state index contributed by atoms with van der Waals surface area (Å²) in [6, 6.07) is 27.1. The standard InChI is InChI=1S/C24H18/c1-15-3-9-21-17(11-15)5-7-19-14-24-20(13-23(19)21)8-6-18-12-16(2)4-10-22(18)24/h3-14H,1-2H3. The van der Waals surface area contributed by atoms with E-state index in [1.165, 1.54) is 54.2 Å². The Hall–Kier alpha value is -2.86. The van der Waals surface area contributed by atoms with Crippen LogP contribution in [0.2, 0.25) is 0 Å². The van der Waals surface area contributed by atoms with Crippen LogP contribution in [0.5, 0.6) is 0 Å². The highest BCUT2D eigenvalue weighted by atomic mass is 14.1. The molecule has 0 saturated carbocycles. The zero-order chi connectivity index (χ0) is 16.3. The van der Waals surface area contributed by atoms with E-state index in [1.54, 1.807) is 0 Å². The first-order valence-corrected chi connectivity index (χ1v) is 8.45. The first-order chi connectivity index (χ1) is 11.7. The summed E-state index contributed by atoms with van der Waals surface area (Å²) in [5.41, 5.74) is 2.62. The second-order valence-electron chi connectivity index (χ2n) is 6.87. The summed E-state index contributed by atoms with van der Waals surface area (Å²) in [5, 5.41) is 10.6. The molecule has 0 amide bonds. The summed E-state index contributed by atoms with van der Waals surface area (Å²) < 4.78 is 0. The van der Waals surface area contributed by atoms with Crippen LogP contribution < -0.4 is 0 Å². The van der Waals surface area contributed by atoms with Crippen LogP contribution in [0.4, 0.5) is 0 Å². The maximum atomic E-state index is 2.35. The molecule has 0 nitrogen and oxygen atoms in total. The lowest BCUT2D eigenvalue weighted by molar-refractivity contribution is 1.51. The molecule has 0 aliphatic rings. The Labute approximate surface area is 141 Å². The van der Waals surface area contributed by atoms with Crippen molar-refractivity contribution < 1.29 is 0 Å². The Balaban J connectivity index is 1.95. The second-order valence-corrected chi connectivity index (χ2v) is 6.87. The number of aryl methyl sites for hydroxylation is 2. The molecule has 0 aromatic heterocycles. The molecular weight excluding hydrogens is 288 g/mol. The normalized spacial score (nSPS) is 11.8. The lowest BCUT2D eigenvalue weighted by Gasteiger charge is -2.10. The fourth-order valence-electron chi connectivity index (χ4n) is 3.87. The van der Waals surface area contributed by atoms with Gasteiger partial charge in [-0.3, -0.25) is 0 Å². The predicted octanol–water partition coefficient (Wildman–Crippen LogP) is 6.92. The second kappa shape index (κ2) is 4.82. The number of benzene rings is 5. The molecule has 0 aliphatic carbocycles. The van der Waals surface area contributed by atoms with Crippen LogP contribution in [-0.2, 0) is 0 Å². The van der Waals surface area contributed by atoms with Gasteiger partial charge in [-0.2, -0.15) is 0 Å². The van der Waals surface area contributed by atoms with Crippen LogP contribution in [0, 0.1) is 13.8 Å². The molecule has 5 rings (SSSR count). The molecule has 0 radical (unpaired) electrons. The van der Waals surface area contributed by atoms with E-state index in [2.05, 4.69) is 86.6 Å². The van der Waals surface area contributed by atoms with Crippen molar-refractivity contribution in [2.75, 3.05) is 0 Å². The van der Waals surface area contributed by atoms with Gasteiger partial charge in [-0.15, -0.1) is 0 Å². The predicted molar refractivity (Wildman–Crippen MR) is 106 cm³/mol. The largest absolute Gasteiger partial charge is 0.0587 e. The molecule has 0 unspecified atom stereocenters. The van der Waals surface area contributed by atoms with Crippen LogP contribution in [0.1, 0.15) is 11.1 Å². The van der Waals surface area contributed by atoms with Gasteiger partial charge in [-0.05, 0) is 69.1 Å². The molecule has 0 atom stereocenters. The van der Waals surface area contributed by atoms with Crippen molar-refractivity contribution in [3.8, 4) is 0 Å². The van der Waals surface area contributed by atoms with Crippen LogP contribution >= 0.6 is 0 Å². The third-order valence-corrected chi connectivity index (χ3v) is 5.10. The van der Waals surface area contributed by atoms with Gasteiger partial charge in [-0.1, -0.05) is 71.8 Å². The minimum absolute atomic E-state index is 1.31. The van der Waals surface area contributed by atoms with Gasteiger partial charge in [0.25, 0.3) is 0 Å². The number of rotatable bonds is 0. The number of hydrogen-bond acceptors (Lipinski definition) is 0. The lowest BCUT2D eigenvalue weighted by atomic mass is 9.94. The zero-order valence-electron chi connectivity index (χ0n) is 13.9. The third-order valence-electron chi connectivity index (χ3n) is 5.10. The van der Waals surface area contributed by atoms with Gasteiger partial charge in [-0.25, -0.2) is 0 Å². The highest BCUT2D eigenvalue weighted by Gasteiger charge is 2.06. The molecule has 114 valence electrons. The highest BCUT2D eigenvalue weighted by molar-refractivity contribution is 6.17. The van der Waals surface area contributed by atoms with Crippen molar-refractivity contribution in [1.29, 1.82) is 0 Å². The van der Waals surface area contributed by atoms with E-state index in [9.17, 15) is 0 Å². The SMILES string of the molecule is Cc1ccc2c(ccc3cc4c(ccc5cc(C)ccc54)cc32)c1. The van der Waals surface area contributed by atoms with Gasteiger partial charge in [0, 0.05) is 0 Å². The molecule has 0 spiro atoms. The number of hydrogen-bond donors (Lipinski definition) is 0. The zero-order valence-corrected chi connectivity index (χ0v) is 13.9. The maximum Gasteiger partial charge on any atom is -0.00990 e. The third kappa shape index (κ3) is 1.93. The molecule has 0 aliphatic heterocycles. The number of fused-ring (bicyclic) bond motifs is 6. The Morgan fingerprint density at radius 3 is 1.17 bits per heavy atom. The molecule has 0 bridgehead atoms. The van der Waals surface area contributed by atoms with E-state index < -0.39 is 0 Å². The van der Waals surface area contributed by atoms with Crippen molar-refractivity contribution in [3.63, 3.8) is 0 Å². The summed E-state index contributed by atoms with van der Waals surface area (Å²) in [6.45, 7) is 4.30. The molecular formula is C24H18. The molecule has 5 aromatic carbocycles. The van der Waals surface area contributed by atoms with Crippen molar-refractivity contribution in [2.24, 2.45) is 0 Å². The van der Waals surface area contributed by atoms with Gasteiger partial charge < -0.3 is 0 Å². The minimum Gasteiger partial charge on any atom is -0.0587 e. The first kappa shape index (κ1) is 13.6. The Morgan fingerprint density at radius 2 is 0.750 bits per heavy atom. The Kier molecular flexibility index (Phi) is 2.72. The molecule has 0 N–H and O–H groups in total. The van der Waals surface area contributed by atoms with E-state index in [-0.39, 0.29) is 0 Å². The minimum atomic E-state index is 1.31. The van der Waals surface area contributed by atoms with E-state index in [0.717, 1.165) is 0 Å². The fourth-order valence-corrected chi connectivity index (χ4v) is 3.87. The molecule has 0 heterocycles. The summed E-state index contributed by atoms with van der Waals surface area (Å²) in [4.78, 5) is 0. The summed E-state index contributed by atoms with van der Waals surface area (Å²) >= 11 is 0. The quantitative estimate of drug-likeness (QED) is 0.215. The van der Waals surface area contributed by atoms with E-state index in [0.29, 0.717) is 0 Å². The van der Waals surface area contributed by atoms with Crippen molar-refractivity contribution in [3.05, 3.63) is 83.9 Å². The van der Waals surface area contributed by atoms with Crippen LogP contribution in [0.25, 0.3) is 43.1 Å². The average Bonchev–Trinajstić information content (AvgIpc) is 2.59. The van der Waals surface area contributed by atoms with E-state index >= 15 is 0 Å². The molecule has 0 saturated heterocycles.